The number of nitrogens with zero attached hydrogens (tertiary/aromatic N) is 4. The zero-order valence-corrected chi connectivity index (χ0v) is 22.1. The second-order valence-electron chi connectivity index (χ2n) is 8.37. The third-order valence-electron chi connectivity index (χ3n) is 5.71. The maximum Gasteiger partial charge on any atom is 0.573 e. The molecule has 4 N–H and O–H groups in total. The van der Waals surface area contributed by atoms with E-state index in [1.807, 2.05) is 0 Å². The van der Waals surface area contributed by atoms with Crippen molar-refractivity contribution in [2.24, 2.45) is 0 Å². The van der Waals surface area contributed by atoms with Crippen molar-refractivity contribution < 1.29 is 56.3 Å². The molecule has 0 aliphatic rings. The summed E-state index contributed by atoms with van der Waals surface area (Å²) in [5, 5.41) is 20.4. The number of methoxy groups -OCH3 is 1. The predicted octanol–water partition coefficient (Wildman–Crippen LogP) is 2.45. The summed E-state index contributed by atoms with van der Waals surface area (Å²) in [4.78, 5) is 36.7. The molecule has 0 bridgehead atoms. The lowest BCUT2D eigenvalue weighted by atomic mass is 9.94. The van der Waals surface area contributed by atoms with E-state index in [4.69, 9.17) is 31.5 Å². The number of benzene rings is 1. The first-order valence-electron chi connectivity index (χ1n) is 11.6. The number of aliphatic hydroxyl groups is 1. The first-order valence-corrected chi connectivity index (χ1v) is 12.0. The number of aliphatic hydroxyl groups excluding tert-OH is 1. The van der Waals surface area contributed by atoms with Gasteiger partial charge in [-0.2, -0.15) is 9.97 Å². The van der Waals surface area contributed by atoms with E-state index in [1.54, 1.807) is 0 Å². The molecule has 0 saturated carbocycles. The Morgan fingerprint density at radius 1 is 1.20 bits per heavy atom. The van der Waals surface area contributed by atoms with Crippen LogP contribution in [0.3, 0.4) is 0 Å². The van der Waals surface area contributed by atoms with Crippen LogP contribution in [0.4, 0.5) is 23.4 Å². The highest BCUT2D eigenvalue weighted by molar-refractivity contribution is 6.28. The molecule has 0 amide bonds. The topological polar surface area (TPSA) is 181 Å². The minimum atomic E-state index is -4.96. The fourth-order valence-corrected chi connectivity index (χ4v) is 3.89. The van der Waals surface area contributed by atoms with E-state index < -0.39 is 61.2 Å². The predicted molar refractivity (Wildman–Crippen MR) is 131 cm³/mol. The van der Waals surface area contributed by atoms with E-state index in [9.17, 15) is 33.0 Å². The Labute approximate surface area is 233 Å². The van der Waals surface area contributed by atoms with Crippen LogP contribution in [-0.2, 0) is 30.2 Å². The van der Waals surface area contributed by atoms with Gasteiger partial charge in [-0.1, -0.05) is 12.1 Å². The Morgan fingerprint density at radius 2 is 1.85 bits per heavy atom. The van der Waals surface area contributed by atoms with E-state index >= 15 is 4.39 Å². The number of nitrogen functional groups attached to an aromatic ring is 1. The number of fused-ring (bicyclic) bond motifs is 1. The number of carbonyl (C=O) groups excluding carboxylic acids is 1. The van der Waals surface area contributed by atoms with Gasteiger partial charge < -0.3 is 34.9 Å². The normalized spacial score (nSPS) is 15.6. The molecule has 0 saturated heterocycles. The minimum Gasteiger partial charge on any atom is -0.479 e. The average molecular weight is 610 g/mol. The summed E-state index contributed by atoms with van der Waals surface area (Å²) in [6, 6.07) is 4.00. The third-order valence-corrected chi connectivity index (χ3v) is 5.88. The van der Waals surface area contributed by atoms with Crippen LogP contribution in [0.25, 0.3) is 11.2 Å². The van der Waals surface area contributed by atoms with Crippen molar-refractivity contribution in [1.29, 1.82) is 0 Å². The molecule has 3 aromatic rings. The summed E-state index contributed by atoms with van der Waals surface area (Å²) >= 11 is 5.79. The summed E-state index contributed by atoms with van der Waals surface area (Å²) < 4.78 is 72.9. The summed E-state index contributed by atoms with van der Waals surface area (Å²) in [6.07, 6.45) is -10.6. The number of nitrogens with two attached hydrogens (primary N) is 1. The number of carboxylic acids is 1. The van der Waals surface area contributed by atoms with Gasteiger partial charge >= 0.3 is 18.3 Å². The van der Waals surface area contributed by atoms with E-state index in [0.29, 0.717) is 0 Å². The maximum atomic E-state index is 15.4. The van der Waals surface area contributed by atoms with Gasteiger partial charge in [0, 0.05) is 13.5 Å². The molecule has 2 aromatic heterocycles. The summed E-state index contributed by atoms with van der Waals surface area (Å²) in [7, 11) is 1.07. The fourth-order valence-electron chi connectivity index (χ4n) is 3.71. The van der Waals surface area contributed by atoms with Crippen LogP contribution < -0.4 is 10.5 Å². The van der Waals surface area contributed by atoms with Gasteiger partial charge in [-0.05, 0) is 36.2 Å². The molecule has 0 aliphatic carbocycles. The molecule has 0 fully saturated rings. The number of hydrogen-bond acceptors (Lipinski definition) is 11. The van der Waals surface area contributed by atoms with Crippen molar-refractivity contribution in [3.63, 3.8) is 0 Å². The van der Waals surface area contributed by atoms with Crippen LogP contribution in [0.2, 0.25) is 5.28 Å². The molecule has 4 atom stereocenters. The maximum absolute atomic E-state index is 15.4. The lowest BCUT2D eigenvalue weighted by Crippen LogP contribution is -2.54. The molecule has 18 heteroatoms. The number of aliphatic carboxylic acids is 1. The molecule has 41 heavy (non-hydrogen) atoms. The third kappa shape index (κ3) is 7.29. The number of carbonyl (C=O) groups is 2. The van der Waals surface area contributed by atoms with Crippen molar-refractivity contribution in [3.05, 3.63) is 41.4 Å². The number of imidazole rings is 1. The largest absolute Gasteiger partial charge is 0.573 e. The highest BCUT2D eigenvalue weighted by Gasteiger charge is 2.50. The standard InChI is InChI=1S/C23H24ClF4N5O8/c1-3-39-20(37)22(19(35)36,8-11-4-6-12(7-5-11)41-23(26,27)28)40-9-13(38-2)15(34)16(25)33-10-30-14-17(29)31-21(24)32-18(14)33/h4-7,10,13,15-16,34H,3,8-9H2,1-2H3,(H,35,36)(H2,29,31,32)/t13-,15-,16-,22?/m1/s1. The Hall–Kier alpha value is -3.80. The Bertz CT molecular complexity index is 1380. The molecular formula is C23H24ClF4N5O8. The molecule has 13 nitrogen and oxygen atoms in total. The van der Waals surface area contributed by atoms with Gasteiger partial charge in [0.1, 0.15) is 23.5 Å². The minimum absolute atomic E-state index is 0.00618. The first kappa shape index (κ1) is 31.7. The zero-order valence-electron chi connectivity index (χ0n) is 21.3. The SMILES string of the molecule is CCOC(=O)C(Cc1ccc(OC(F)(F)F)cc1)(OC[C@@H](OC)[C@@H](O)[C@H](F)n1cnc2c(N)nc(Cl)nc21)C(=O)O. The molecule has 0 aliphatic heterocycles. The number of ether oxygens (including phenoxy) is 4. The van der Waals surface area contributed by atoms with Gasteiger partial charge in [0.25, 0.3) is 5.60 Å². The van der Waals surface area contributed by atoms with Crippen LogP contribution in [0, 0.1) is 0 Å². The fraction of sp³-hybridized carbons (Fsp3) is 0.435. The molecule has 0 spiro atoms. The van der Waals surface area contributed by atoms with Crippen molar-refractivity contribution in [1.82, 2.24) is 19.5 Å². The van der Waals surface area contributed by atoms with Crippen LogP contribution >= 0.6 is 11.6 Å². The van der Waals surface area contributed by atoms with Crippen LogP contribution in [0.1, 0.15) is 18.8 Å². The lowest BCUT2D eigenvalue weighted by molar-refractivity contribution is -0.274. The van der Waals surface area contributed by atoms with Crippen molar-refractivity contribution in [2.75, 3.05) is 26.1 Å². The first-order chi connectivity index (χ1) is 19.2. The van der Waals surface area contributed by atoms with Gasteiger partial charge in [0.15, 0.2) is 11.5 Å². The monoisotopic (exact) mass is 609 g/mol. The molecule has 3 rings (SSSR count). The van der Waals surface area contributed by atoms with Gasteiger partial charge in [0.05, 0.1) is 19.5 Å². The van der Waals surface area contributed by atoms with Crippen LogP contribution in [0.15, 0.2) is 30.6 Å². The van der Waals surface area contributed by atoms with E-state index in [-0.39, 0.29) is 34.4 Å². The summed E-state index contributed by atoms with van der Waals surface area (Å²) in [5.74, 6) is -3.91. The van der Waals surface area contributed by atoms with Gasteiger partial charge in [-0.25, -0.2) is 19.0 Å². The molecular weight excluding hydrogens is 586 g/mol. The van der Waals surface area contributed by atoms with Crippen molar-refractivity contribution in [2.45, 2.75) is 43.8 Å². The van der Waals surface area contributed by atoms with Gasteiger partial charge in [-0.3, -0.25) is 4.57 Å². The average Bonchev–Trinajstić information content (AvgIpc) is 3.32. The number of halogens is 5. The number of esters is 1. The van der Waals surface area contributed by atoms with Gasteiger partial charge in [0.2, 0.25) is 11.6 Å². The molecule has 1 unspecified atom stereocenters. The Morgan fingerprint density at radius 3 is 2.41 bits per heavy atom. The summed E-state index contributed by atoms with van der Waals surface area (Å²) in [5.41, 5.74) is 2.83. The Kier molecular flexibility index (Phi) is 9.90. The zero-order chi connectivity index (χ0) is 30.5. The molecule has 224 valence electrons. The van der Waals surface area contributed by atoms with Crippen LogP contribution in [-0.4, -0.2) is 86.2 Å². The molecule has 1 aromatic carbocycles. The molecule has 2 heterocycles. The second kappa shape index (κ2) is 12.8. The number of aromatic nitrogens is 4. The highest BCUT2D eigenvalue weighted by Crippen LogP contribution is 2.29. The quantitative estimate of drug-likeness (QED) is 0.112. The number of hydrogen-bond donors (Lipinski definition) is 3. The van der Waals surface area contributed by atoms with Crippen molar-refractivity contribution in [3.8, 4) is 5.75 Å². The number of carboxylic acid groups (broad SMARTS) is 1. The number of rotatable bonds is 13. The number of anilines is 1. The highest BCUT2D eigenvalue weighted by atomic mass is 35.5. The summed E-state index contributed by atoms with van der Waals surface area (Å²) in [6.45, 7) is 0.296. The van der Waals surface area contributed by atoms with Crippen LogP contribution in [0.5, 0.6) is 5.75 Å². The van der Waals surface area contributed by atoms with E-state index in [1.165, 1.54) is 6.92 Å². The molecule has 0 radical (unpaired) electrons. The van der Waals surface area contributed by atoms with Crippen molar-refractivity contribution >= 4 is 40.5 Å². The van der Waals surface area contributed by atoms with E-state index in [2.05, 4.69) is 19.7 Å². The smallest absolute Gasteiger partial charge is 0.479 e. The number of alkyl halides is 4. The Balaban J connectivity index is 1.86. The lowest BCUT2D eigenvalue weighted by Gasteiger charge is -2.31. The van der Waals surface area contributed by atoms with Gasteiger partial charge in [-0.15, -0.1) is 13.2 Å². The van der Waals surface area contributed by atoms with E-state index in [0.717, 1.165) is 42.3 Å². The second-order valence-corrected chi connectivity index (χ2v) is 8.71.